The number of ether oxygens (including phenoxy) is 1. The fourth-order valence-electron chi connectivity index (χ4n) is 1.11. The summed E-state index contributed by atoms with van der Waals surface area (Å²) in [5.41, 5.74) is -0.207. The van der Waals surface area contributed by atoms with Crippen molar-refractivity contribution >= 4 is 29.7 Å². The molecule has 1 amide bonds. The van der Waals surface area contributed by atoms with Crippen molar-refractivity contribution in [3.63, 3.8) is 0 Å². The van der Waals surface area contributed by atoms with E-state index in [2.05, 4.69) is 15.5 Å². The molecule has 1 heterocycles. The Balaban J connectivity index is 2.89. The summed E-state index contributed by atoms with van der Waals surface area (Å²) < 4.78 is 5.07. The second-order valence-corrected chi connectivity index (χ2v) is 4.83. The molecule has 0 aliphatic carbocycles. The van der Waals surface area contributed by atoms with Gasteiger partial charge in [-0.3, -0.25) is 5.32 Å². The molecule has 2 N–H and O–H groups in total. The molecule has 0 aliphatic heterocycles. The van der Waals surface area contributed by atoms with Crippen molar-refractivity contribution in [1.82, 2.24) is 4.98 Å². The summed E-state index contributed by atoms with van der Waals surface area (Å²) >= 11 is 5.72. The summed E-state index contributed by atoms with van der Waals surface area (Å²) in [7, 11) is 0. The SMILES string of the molecule is CC(C)(C)OC(=O)Nc1nc(Cl)ccc1/C=N/O. The van der Waals surface area contributed by atoms with Gasteiger partial charge in [0.1, 0.15) is 16.6 Å². The summed E-state index contributed by atoms with van der Waals surface area (Å²) in [5.74, 6) is 0.162. The van der Waals surface area contributed by atoms with Gasteiger partial charge in [-0.25, -0.2) is 9.78 Å². The minimum Gasteiger partial charge on any atom is -0.444 e. The lowest BCUT2D eigenvalue weighted by Gasteiger charge is -2.19. The van der Waals surface area contributed by atoms with Gasteiger partial charge in [0.15, 0.2) is 0 Å². The van der Waals surface area contributed by atoms with E-state index >= 15 is 0 Å². The molecule has 0 aliphatic rings. The largest absolute Gasteiger partial charge is 0.444 e. The van der Waals surface area contributed by atoms with Crippen LogP contribution in [0.1, 0.15) is 26.3 Å². The average molecular weight is 272 g/mol. The number of aromatic nitrogens is 1. The lowest BCUT2D eigenvalue weighted by molar-refractivity contribution is 0.0635. The van der Waals surface area contributed by atoms with Gasteiger partial charge >= 0.3 is 6.09 Å². The highest BCUT2D eigenvalue weighted by molar-refractivity contribution is 6.29. The van der Waals surface area contributed by atoms with Gasteiger partial charge < -0.3 is 9.94 Å². The van der Waals surface area contributed by atoms with E-state index in [1.165, 1.54) is 6.07 Å². The Hall–Kier alpha value is -1.82. The maximum absolute atomic E-state index is 11.6. The molecule has 0 saturated heterocycles. The van der Waals surface area contributed by atoms with Crippen molar-refractivity contribution in [2.24, 2.45) is 5.16 Å². The number of carbonyl (C=O) groups excluding carboxylic acids is 1. The van der Waals surface area contributed by atoms with E-state index < -0.39 is 11.7 Å². The van der Waals surface area contributed by atoms with Gasteiger partial charge in [-0.15, -0.1) is 0 Å². The number of hydrogen-bond donors (Lipinski definition) is 2. The molecule has 1 aromatic heterocycles. The first-order chi connectivity index (χ1) is 8.31. The summed E-state index contributed by atoms with van der Waals surface area (Å²) in [6.07, 6.45) is 0.473. The van der Waals surface area contributed by atoms with Crippen LogP contribution >= 0.6 is 11.6 Å². The van der Waals surface area contributed by atoms with E-state index in [4.69, 9.17) is 21.5 Å². The second-order valence-electron chi connectivity index (χ2n) is 4.44. The summed E-state index contributed by atoms with van der Waals surface area (Å²) in [4.78, 5) is 15.5. The highest BCUT2D eigenvalue weighted by Gasteiger charge is 2.17. The molecule has 0 saturated carbocycles. The van der Waals surface area contributed by atoms with Gasteiger partial charge in [-0.1, -0.05) is 16.8 Å². The smallest absolute Gasteiger partial charge is 0.413 e. The minimum atomic E-state index is -0.662. The monoisotopic (exact) mass is 271 g/mol. The highest BCUT2D eigenvalue weighted by atomic mass is 35.5. The van der Waals surface area contributed by atoms with E-state index in [-0.39, 0.29) is 11.0 Å². The number of pyridine rings is 1. The lowest BCUT2D eigenvalue weighted by Crippen LogP contribution is -2.27. The predicted molar refractivity (Wildman–Crippen MR) is 68.5 cm³/mol. The number of hydrogen-bond acceptors (Lipinski definition) is 5. The average Bonchev–Trinajstić information content (AvgIpc) is 2.19. The number of rotatable bonds is 2. The van der Waals surface area contributed by atoms with Crippen LogP contribution in [0.15, 0.2) is 17.3 Å². The number of halogens is 1. The van der Waals surface area contributed by atoms with Crippen LogP contribution in [0.4, 0.5) is 10.6 Å². The third-order valence-electron chi connectivity index (χ3n) is 1.71. The Kier molecular flexibility index (Phi) is 4.49. The molecule has 7 heteroatoms. The van der Waals surface area contributed by atoms with Crippen molar-refractivity contribution in [3.05, 3.63) is 22.8 Å². The van der Waals surface area contributed by atoms with Gasteiger partial charge in [0.25, 0.3) is 0 Å². The molecular formula is C11H14ClN3O3. The van der Waals surface area contributed by atoms with E-state index in [0.717, 1.165) is 6.21 Å². The molecular weight excluding hydrogens is 258 g/mol. The van der Waals surface area contributed by atoms with E-state index in [0.29, 0.717) is 5.56 Å². The van der Waals surface area contributed by atoms with Gasteiger partial charge in [0, 0.05) is 5.56 Å². The maximum Gasteiger partial charge on any atom is 0.413 e. The topological polar surface area (TPSA) is 83.8 Å². The molecule has 1 aromatic rings. The zero-order chi connectivity index (χ0) is 13.8. The van der Waals surface area contributed by atoms with Crippen LogP contribution in [0.2, 0.25) is 5.15 Å². The zero-order valence-electron chi connectivity index (χ0n) is 10.3. The van der Waals surface area contributed by atoms with Crippen LogP contribution in [-0.4, -0.2) is 28.1 Å². The molecule has 1 rings (SSSR count). The Labute approximate surface area is 110 Å². The first-order valence-electron chi connectivity index (χ1n) is 5.16. The highest BCUT2D eigenvalue weighted by Crippen LogP contribution is 2.16. The first-order valence-corrected chi connectivity index (χ1v) is 5.53. The Morgan fingerprint density at radius 1 is 1.56 bits per heavy atom. The van der Waals surface area contributed by atoms with E-state index in [9.17, 15) is 4.79 Å². The molecule has 0 unspecified atom stereocenters. The molecule has 98 valence electrons. The number of carbonyl (C=O) groups is 1. The van der Waals surface area contributed by atoms with Gasteiger partial charge in [-0.05, 0) is 32.9 Å². The lowest BCUT2D eigenvalue weighted by atomic mass is 10.2. The molecule has 0 aromatic carbocycles. The maximum atomic E-state index is 11.6. The number of anilines is 1. The summed E-state index contributed by atoms with van der Waals surface area (Å²) in [6.45, 7) is 5.23. The normalized spacial score (nSPS) is 11.6. The second kappa shape index (κ2) is 5.68. The van der Waals surface area contributed by atoms with Crippen LogP contribution in [0.5, 0.6) is 0 Å². The Morgan fingerprint density at radius 2 is 2.22 bits per heavy atom. The van der Waals surface area contributed by atoms with Crippen LogP contribution in [0.25, 0.3) is 0 Å². The van der Waals surface area contributed by atoms with Crippen LogP contribution in [0, 0.1) is 0 Å². The fraction of sp³-hybridized carbons (Fsp3) is 0.364. The Bertz CT molecular complexity index is 469. The van der Waals surface area contributed by atoms with Gasteiger partial charge in [0.2, 0.25) is 0 Å². The third kappa shape index (κ3) is 4.58. The number of amides is 1. The Morgan fingerprint density at radius 3 is 2.78 bits per heavy atom. The number of nitrogens with one attached hydrogen (secondary N) is 1. The number of nitrogens with zero attached hydrogens (tertiary/aromatic N) is 2. The molecule has 0 fully saturated rings. The predicted octanol–water partition coefficient (Wildman–Crippen LogP) is 2.89. The molecule has 0 bridgehead atoms. The third-order valence-corrected chi connectivity index (χ3v) is 1.92. The van der Waals surface area contributed by atoms with Crippen LogP contribution in [0.3, 0.4) is 0 Å². The van der Waals surface area contributed by atoms with Crippen molar-refractivity contribution in [2.45, 2.75) is 26.4 Å². The van der Waals surface area contributed by atoms with E-state index in [1.54, 1.807) is 26.8 Å². The fourth-order valence-corrected chi connectivity index (χ4v) is 1.26. The molecule has 0 radical (unpaired) electrons. The molecule has 18 heavy (non-hydrogen) atoms. The first kappa shape index (κ1) is 14.2. The van der Waals surface area contributed by atoms with Crippen LogP contribution in [-0.2, 0) is 4.74 Å². The van der Waals surface area contributed by atoms with Gasteiger partial charge in [0.05, 0.1) is 6.21 Å². The van der Waals surface area contributed by atoms with Crippen molar-refractivity contribution in [2.75, 3.05) is 5.32 Å². The van der Waals surface area contributed by atoms with E-state index in [1.807, 2.05) is 0 Å². The standard InChI is InChI=1S/C11H14ClN3O3/c1-11(2,3)18-10(16)15-9-7(6-13-17)4-5-8(12)14-9/h4-6,17H,1-3H3,(H,14,15,16)/b13-6+. The molecule has 6 nitrogen and oxygen atoms in total. The zero-order valence-corrected chi connectivity index (χ0v) is 11.0. The quantitative estimate of drug-likeness (QED) is 0.375. The van der Waals surface area contributed by atoms with Crippen molar-refractivity contribution in [3.8, 4) is 0 Å². The van der Waals surface area contributed by atoms with Crippen molar-refractivity contribution < 1.29 is 14.7 Å². The van der Waals surface area contributed by atoms with Gasteiger partial charge in [-0.2, -0.15) is 0 Å². The van der Waals surface area contributed by atoms with Crippen LogP contribution < -0.4 is 5.32 Å². The number of oxime groups is 1. The minimum absolute atomic E-state index is 0.162. The molecule has 0 atom stereocenters. The molecule has 0 spiro atoms. The van der Waals surface area contributed by atoms with Crippen molar-refractivity contribution in [1.29, 1.82) is 0 Å². The summed E-state index contributed by atoms with van der Waals surface area (Å²) in [5, 5.41) is 14.0. The summed E-state index contributed by atoms with van der Waals surface area (Å²) in [6, 6.07) is 3.07.